The van der Waals surface area contributed by atoms with E-state index in [0.29, 0.717) is 5.41 Å². The highest BCUT2D eigenvalue weighted by Gasteiger charge is 2.56. The minimum Gasteiger partial charge on any atom is -0.103 e. The van der Waals surface area contributed by atoms with E-state index in [1.807, 2.05) is 0 Å². The molecular formula is C28H36. The summed E-state index contributed by atoms with van der Waals surface area (Å²) in [5.41, 5.74) is 3.85. The maximum Gasteiger partial charge on any atom is 0.00182 e. The second-order valence-corrected chi connectivity index (χ2v) is 9.93. The molecule has 1 aromatic carbocycles. The Hall–Kier alpha value is -1.56. The Kier molecular flexibility index (Phi) is 5.07. The van der Waals surface area contributed by atoms with E-state index in [2.05, 4.69) is 61.2 Å². The highest BCUT2D eigenvalue weighted by molar-refractivity contribution is 5.40. The van der Waals surface area contributed by atoms with E-state index < -0.39 is 0 Å². The number of rotatable bonds is 5. The number of benzene rings is 1. The lowest BCUT2D eigenvalue weighted by Crippen LogP contribution is -2.46. The van der Waals surface area contributed by atoms with Crippen LogP contribution in [0.3, 0.4) is 0 Å². The van der Waals surface area contributed by atoms with Gasteiger partial charge in [0.1, 0.15) is 0 Å². The van der Waals surface area contributed by atoms with Gasteiger partial charge in [0, 0.05) is 5.41 Å². The SMILES string of the molecule is C=CCCC1CC([C@]2(C3CCCC3)CCCc3ccccc32)C2C=CC=CC12. The van der Waals surface area contributed by atoms with Crippen LogP contribution in [0.15, 0.2) is 61.2 Å². The number of aryl methyl sites for hydroxylation is 1. The summed E-state index contributed by atoms with van der Waals surface area (Å²) in [5.74, 6) is 4.05. The fraction of sp³-hybridized carbons (Fsp3) is 0.571. The lowest BCUT2D eigenvalue weighted by atomic mass is 9.53. The minimum absolute atomic E-state index is 0.423. The first-order valence-electron chi connectivity index (χ1n) is 11.9. The predicted molar refractivity (Wildman–Crippen MR) is 119 cm³/mol. The van der Waals surface area contributed by atoms with Gasteiger partial charge in [0.25, 0.3) is 0 Å². The summed E-state index contributed by atoms with van der Waals surface area (Å²) >= 11 is 0. The number of fused-ring (bicyclic) bond motifs is 2. The molecule has 0 aromatic heterocycles. The first kappa shape index (κ1) is 18.5. The van der Waals surface area contributed by atoms with Gasteiger partial charge in [-0.25, -0.2) is 0 Å². The molecule has 4 unspecified atom stereocenters. The van der Waals surface area contributed by atoms with Gasteiger partial charge in [-0.15, -0.1) is 6.58 Å². The van der Waals surface area contributed by atoms with Gasteiger partial charge in [-0.3, -0.25) is 0 Å². The van der Waals surface area contributed by atoms with Crippen molar-refractivity contribution in [2.24, 2.45) is 29.6 Å². The molecule has 0 heteroatoms. The lowest BCUT2D eigenvalue weighted by molar-refractivity contribution is 0.118. The Bertz CT molecular complexity index is 762. The van der Waals surface area contributed by atoms with Crippen molar-refractivity contribution in [2.75, 3.05) is 0 Å². The number of hydrogen-bond donors (Lipinski definition) is 0. The van der Waals surface area contributed by atoms with Crippen LogP contribution in [0.1, 0.15) is 68.9 Å². The van der Waals surface area contributed by atoms with Crippen LogP contribution in [0.2, 0.25) is 0 Å². The van der Waals surface area contributed by atoms with E-state index in [1.54, 1.807) is 11.1 Å². The summed E-state index contributed by atoms with van der Waals surface area (Å²) in [5, 5.41) is 0. The standard InChI is InChI=1S/C28H36/c1-2-3-11-22-20-27(25-17-8-7-16-24(22)25)28(23-14-5-6-15-23)19-10-13-21-12-4-9-18-26(21)28/h2,4,7-9,12,16-18,22-25,27H,1,3,5-6,10-11,13-15,19-20H2/t22?,24?,25?,27?,28-/m0/s1. The van der Waals surface area contributed by atoms with Crippen LogP contribution in [-0.2, 0) is 11.8 Å². The Morgan fingerprint density at radius 3 is 2.61 bits per heavy atom. The maximum absolute atomic E-state index is 4.01. The average molecular weight is 373 g/mol. The first-order valence-corrected chi connectivity index (χ1v) is 11.9. The summed E-state index contributed by atoms with van der Waals surface area (Å²) in [7, 11) is 0. The monoisotopic (exact) mass is 372 g/mol. The van der Waals surface area contributed by atoms with Crippen molar-refractivity contribution in [1.82, 2.24) is 0 Å². The largest absolute Gasteiger partial charge is 0.103 e. The van der Waals surface area contributed by atoms with E-state index in [-0.39, 0.29) is 0 Å². The molecule has 0 radical (unpaired) electrons. The van der Waals surface area contributed by atoms with Crippen LogP contribution < -0.4 is 0 Å². The van der Waals surface area contributed by atoms with Crippen molar-refractivity contribution in [3.63, 3.8) is 0 Å². The molecule has 0 bridgehead atoms. The maximum atomic E-state index is 4.01. The van der Waals surface area contributed by atoms with Crippen LogP contribution in [-0.4, -0.2) is 0 Å². The Labute approximate surface area is 171 Å². The van der Waals surface area contributed by atoms with Crippen LogP contribution >= 0.6 is 0 Å². The molecule has 4 aliphatic rings. The molecule has 1 aromatic rings. The van der Waals surface area contributed by atoms with Gasteiger partial charge < -0.3 is 0 Å². The van der Waals surface area contributed by atoms with Crippen molar-refractivity contribution in [3.05, 3.63) is 72.4 Å². The molecule has 5 rings (SSSR count). The zero-order chi connectivity index (χ0) is 19.0. The van der Waals surface area contributed by atoms with E-state index in [9.17, 15) is 0 Å². The summed E-state index contributed by atoms with van der Waals surface area (Å²) in [6.07, 6.45) is 25.8. The Morgan fingerprint density at radius 2 is 1.79 bits per heavy atom. The Balaban J connectivity index is 1.60. The molecule has 0 N–H and O–H groups in total. The van der Waals surface area contributed by atoms with Crippen LogP contribution in [0.5, 0.6) is 0 Å². The molecule has 0 spiro atoms. The third-order valence-electron chi connectivity index (χ3n) is 8.83. The third-order valence-corrected chi connectivity index (χ3v) is 8.83. The zero-order valence-corrected chi connectivity index (χ0v) is 17.4. The van der Waals surface area contributed by atoms with Crippen LogP contribution in [0, 0.1) is 29.6 Å². The van der Waals surface area contributed by atoms with Gasteiger partial charge in [0.15, 0.2) is 0 Å². The van der Waals surface area contributed by atoms with Crippen molar-refractivity contribution < 1.29 is 0 Å². The third kappa shape index (κ3) is 2.87. The smallest absolute Gasteiger partial charge is 0.00182 e. The highest BCUT2D eigenvalue weighted by Crippen LogP contribution is 2.62. The fourth-order valence-corrected chi connectivity index (χ4v) is 7.80. The fourth-order valence-electron chi connectivity index (χ4n) is 7.80. The zero-order valence-electron chi connectivity index (χ0n) is 17.4. The van der Waals surface area contributed by atoms with E-state index in [0.717, 1.165) is 29.6 Å². The van der Waals surface area contributed by atoms with Crippen molar-refractivity contribution in [1.29, 1.82) is 0 Å². The molecule has 0 heterocycles. The summed E-state index contributed by atoms with van der Waals surface area (Å²) in [6.45, 7) is 4.01. The van der Waals surface area contributed by atoms with E-state index in [1.165, 1.54) is 64.2 Å². The summed E-state index contributed by atoms with van der Waals surface area (Å²) in [6, 6.07) is 9.57. The molecule has 0 nitrogen and oxygen atoms in total. The average Bonchev–Trinajstić information content (AvgIpc) is 3.41. The quantitative estimate of drug-likeness (QED) is 0.472. The van der Waals surface area contributed by atoms with Gasteiger partial charge in [0.05, 0.1) is 0 Å². The van der Waals surface area contributed by atoms with Gasteiger partial charge in [-0.1, -0.05) is 67.5 Å². The van der Waals surface area contributed by atoms with Crippen molar-refractivity contribution in [3.8, 4) is 0 Å². The number of allylic oxidation sites excluding steroid dienone is 5. The molecule has 0 saturated heterocycles. The molecular weight excluding hydrogens is 336 g/mol. The van der Waals surface area contributed by atoms with Crippen LogP contribution in [0.25, 0.3) is 0 Å². The molecule has 0 aliphatic heterocycles. The van der Waals surface area contributed by atoms with Gasteiger partial charge in [-0.2, -0.15) is 0 Å². The van der Waals surface area contributed by atoms with Gasteiger partial charge in [0.2, 0.25) is 0 Å². The molecule has 4 aliphatic carbocycles. The van der Waals surface area contributed by atoms with Gasteiger partial charge >= 0.3 is 0 Å². The summed E-state index contributed by atoms with van der Waals surface area (Å²) < 4.78 is 0. The number of hydrogen-bond acceptors (Lipinski definition) is 0. The van der Waals surface area contributed by atoms with E-state index >= 15 is 0 Å². The second kappa shape index (κ2) is 7.69. The minimum atomic E-state index is 0.423. The first-order chi connectivity index (χ1) is 13.8. The molecule has 2 fully saturated rings. The second-order valence-electron chi connectivity index (χ2n) is 9.93. The molecule has 5 atom stereocenters. The highest BCUT2D eigenvalue weighted by atomic mass is 14.6. The predicted octanol–water partition coefficient (Wildman–Crippen LogP) is 7.41. The topological polar surface area (TPSA) is 0 Å². The molecule has 28 heavy (non-hydrogen) atoms. The molecule has 2 saturated carbocycles. The van der Waals surface area contributed by atoms with Crippen molar-refractivity contribution in [2.45, 2.75) is 69.6 Å². The summed E-state index contributed by atoms with van der Waals surface area (Å²) in [4.78, 5) is 0. The van der Waals surface area contributed by atoms with Crippen LogP contribution in [0.4, 0.5) is 0 Å². The molecule has 0 amide bonds. The van der Waals surface area contributed by atoms with Gasteiger partial charge in [-0.05, 0) is 92.1 Å². The normalized spacial score (nSPS) is 37.0. The lowest BCUT2D eigenvalue weighted by Gasteiger charge is -2.50. The van der Waals surface area contributed by atoms with Crippen molar-refractivity contribution >= 4 is 0 Å². The Morgan fingerprint density at radius 1 is 1.00 bits per heavy atom. The van der Waals surface area contributed by atoms with E-state index in [4.69, 9.17) is 0 Å². The molecule has 148 valence electrons.